The standard InChI is InChI=1S/C4H2Cl2N4/c5-9-1-3(7)4(8)2-10-6/h7-8H/q+2. The van der Waals surface area contributed by atoms with Crippen LogP contribution in [0, 0.1) is 23.0 Å². The summed E-state index contributed by atoms with van der Waals surface area (Å²) in [4.78, 5) is 0. The van der Waals surface area contributed by atoms with E-state index in [1.807, 2.05) is 12.1 Å². The molecule has 0 saturated heterocycles. The molecule has 50 valence electrons. The second kappa shape index (κ2) is 4.75. The van der Waals surface area contributed by atoms with Crippen molar-refractivity contribution < 1.29 is 0 Å². The van der Waals surface area contributed by atoms with E-state index in [2.05, 4.69) is 8.73 Å². The first kappa shape index (κ1) is 8.90. The zero-order chi connectivity index (χ0) is 7.98. The summed E-state index contributed by atoms with van der Waals surface area (Å²) in [6.45, 7) is 0. The van der Waals surface area contributed by atoms with Crippen molar-refractivity contribution >= 4 is 35.0 Å². The lowest BCUT2D eigenvalue weighted by Crippen LogP contribution is -2.04. The Balaban J connectivity index is 4.28. The molecule has 0 aromatic carbocycles. The minimum atomic E-state index is -0.320. The van der Waals surface area contributed by atoms with Gasteiger partial charge in [0.15, 0.2) is 0 Å². The zero-order valence-corrected chi connectivity index (χ0v) is 6.16. The van der Waals surface area contributed by atoms with Gasteiger partial charge < -0.3 is 0 Å². The molecule has 4 nitrogen and oxygen atoms in total. The fourth-order valence-corrected chi connectivity index (χ4v) is 0.365. The largest absolute Gasteiger partial charge is 0.426 e. The molecule has 0 aliphatic heterocycles. The lowest BCUT2D eigenvalue weighted by molar-refractivity contribution is 1.51. The molecule has 0 heterocycles. The fourth-order valence-electron chi connectivity index (χ4n) is 0.196. The number of halogens is 2. The van der Waals surface area contributed by atoms with Crippen molar-refractivity contribution in [3.63, 3.8) is 0 Å². The van der Waals surface area contributed by atoms with E-state index >= 15 is 0 Å². The molecule has 0 aliphatic rings. The normalized spacial score (nSPS) is 6.20. The third kappa shape index (κ3) is 3.03. The van der Waals surface area contributed by atoms with Gasteiger partial charge in [-0.25, -0.2) is 0 Å². The van der Waals surface area contributed by atoms with Crippen LogP contribution in [0.4, 0.5) is 0 Å². The Morgan fingerprint density at radius 1 is 1.00 bits per heavy atom. The quantitative estimate of drug-likeness (QED) is 0.575. The molecular formula is C4H2Cl2N4+2. The Kier molecular flexibility index (Phi) is 4.23. The summed E-state index contributed by atoms with van der Waals surface area (Å²) in [6.07, 6.45) is 0. The second-order valence-corrected chi connectivity index (χ2v) is 1.48. The smallest absolute Gasteiger partial charge is 0.284 e. The van der Waals surface area contributed by atoms with E-state index in [0.717, 1.165) is 0 Å². The summed E-state index contributed by atoms with van der Waals surface area (Å²) >= 11 is 9.65. The SMILES string of the molecule is N=C(C#[N+]Cl)C(=N)C#[N+]Cl. The lowest BCUT2D eigenvalue weighted by atomic mass is 10.3. The number of nitrogens with one attached hydrogen (secondary N) is 2. The highest BCUT2D eigenvalue weighted by molar-refractivity contribution is 6.53. The van der Waals surface area contributed by atoms with Crippen molar-refractivity contribution in [2.24, 2.45) is 0 Å². The van der Waals surface area contributed by atoms with Crippen LogP contribution >= 0.6 is 23.6 Å². The van der Waals surface area contributed by atoms with Gasteiger partial charge in [-0.2, -0.15) is 0 Å². The molecule has 0 fully saturated rings. The van der Waals surface area contributed by atoms with Crippen LogP contribution < -0.4 is 0 Å². The predicted octanol–water partition coefficient (Wildman–Crippen LogP) is 2.00. The van der Waals surface area contributed by atoms with Crippen LogP contribution in [0.3, 0.4) is 0 Å². The van der Waals surface area contributed by atoms with Gasteiger partial charge in [0.2, 0.25) is 11.4 Å². The monoisotopic (exact) mass is 176 g/mol. The first-order valence-electron chi connectivity index (χ1n) is 2.04. The van der Waals surface area contributed by atoms with Crippen molar-refractivity contribution in [1.82, 2.24) is 0 Å². The van der Waals surface area contributed by atoms with Crippen LogP contribution in [0.15, 0.2) is 0 Å². The first-order chi connectivity index (χ1) is 4.72. The number of hydrogen-bond donors (Lipinski definition) is 2. The van der Waals surface area contributed by atoms with Crippen LogP contribution in [0.25, 0.3) is 8.73 Å². The van der Waals surface area contributed by atoms with Crippen molar-refractivity contribution in [2.45, 2.75) is 0 Å². The molecule has 0 radical (unpaired) electrons. The third-order valence-electron chi connectivity index (χ3n) is 0.558. The average molecular weight is 177 g/mol. The highest BCUT2D eigenvalue weighted by atomic mass is 35.5. The molecular weight excluding hydrogens is 175 g/mol. The van der Waals surface area contributed by atoms with Crippen molar-refractivity contribution in [3.05, 3.63) is 8.73 Å². The molecule has 0 amide bonds. The summed E-state index contributed by atoms with van der Waals surface area (Å²) in [5, 5.41) is 13.8. The molecule has 0 aromatic rings. The van der Waals surface area contributed by atoms with Gasteiger partial charge in [0.1, 0.15) is 0 Å². The number of hydrogen-bond acceptors (Lipinski definition) is 2. The van der Waals surface area contributed by atoms with Crippen molar-refractivity contribution in [3.8, 4) is 12.1 Å². The van der Waals surface area contributed by atoms with Gasteiger partial charge >= 0.3 is 35.7 Å². The van der Waals surface area contributed by atoms with E-state index in [0.29, 0.717) is 0 Å². The highest BCUT2D eigenvalue weighted by Gasteiger charge is 2.10. The lowest BCUT2D eigenvalue weighted by Gasteiger charge is -1.69. The Morgan fingerprint density at radius 3 is 1.50 bits per heavy atom. The summed E-state index contributed by atoms with van der Waals surface area (Å²) in [5.74, 6) is 0. The van der Waals surface area contributed by atoms with Gasteiger partial charge in [0, 0.05) is 0 Å². The van der Waals surface area contributed by atoms with Crippen LogP contribution in [-0.2, 0) is 0 Å². The maximum atomic E-state index is 6.90. The number of rotatable bonds is 1. The summed E-state index contributed by atoms with van der Waals surface area (Å²) in [7, 11) is 0. The topological polar surface area (TPSA) is 56.4 Å². The molecule has 0 unspecified atom stereocenters. The van der Waals surface area contributed by atoms with E-state index in [4.69, 9.17) is 34.4 Å². The third-order valence-corrected chi connectivity index (χ3v) is 0.727. The molecule has 0 spiro atoms. The van der Waals surface area contributed by atoms with Gasteiger partial charge in [0.05, 0.1) is 8.73 Å². The van der Waals surface area contributed by atoms with Gasteiger partial charge in [-0.3, -0.25) is 10.8 Å². The average Bonchev–Trinajstić information content (AvgIpc) is 1.89. The molecule has 0 aromatic heterocycles. The van der Waals surface area contributed by atoms with E-state index in [-0.39, 0.29) is 11.4 Å². The first-order valence-corrected chi connectivity index (χ1v) is 2.71. The van der Waals surface area contributed by atoms with E-state index in [9.17, 15) is 0 Å². The van der Waals surface area contributed by atoms with Gasteiger partial charge in [-0.15, -0.1) is 0 Å². The fraction of sp³-hybridized carbons (Fsp3) is 0. The van der Waals surface area contributed by atoms with Crippen LogP contribution in [0.2, 0.25) is 0 Å². The Bertz CT molecular complexity index is 243. The van der Waals surface area contributed by atoms with Crippen LogP contribution in [0.1, 0.15) is 0 Å². The molecule has 0 bridgehead atoms. The Morgan fingerprint density at radius 2 is 1.30 bits per heavy atom. The van der Waals surface area contributed by atoms with Crippen molar-refractivity contribution in [2.75, 3.05) is 0 Å². The molecule has 0 aliphatic carbocycles. The number of nitrogens with zero attached hydrogens (tertiary/aromatic N) is 2. The van der Waals surface area contributed by atoms with E-state index in [1.54, 1.807) is 0 Å². The van der Waals surface area contributed by atoms with Crippen LogP contribution in [-0.4, -0.2) is 11.4 Å². The molecule has 0 rings (SSSR count). The summed E-state index contributed by atoms with van der Waals surface area (Å²) in [6, 6.07) is 4.00. The van der Waals surface area contributed by atoms with Crippen molar-refractivity contribution in [1.29, 1.82) is 10.8 Å². The molecule has 0 saturated carbocycles. The maximum Gasteiger partial charge on any atom is 0.426 e. The highest BCUT2D eigenvalue weighted by Crippen LogP contribution is 1.81. The van der Waals surface area contributed by atoms with E-state index in [1.165, 1.54) is 0 Å². The Hall–Kier alpha value is -1.10. The zero-order valence-electron chi connectivity index (χ0n) is 4.65. The Labute approximate surface area is 67.2 Å². The second-order valence-electron chi connectivity index (χ2n) is 1.14. The van der Waals surface area contributed by atoms with E-state index < -0.39 is 0 Å². The molecule has 0 atom stereocenters. The van der Waals surface area contributed by atoms with Gasteiger partial charge in [-0.05, 0) is 0 Å². The maximum absolute atomic E-state index is 6.90. The summed E-state index contributed by atoms with van der Waals surface area (Å²) < 4.78 is 5.74. The van der Waals surface area contributed by atoms with Gasteiger partial charge in [-0.1, -0.05) is 0 Å². The minimum Gasteiger partial charge on any atom is -0.284 e. The predicted molar refractivity (Wildman–Crippen MR) is 41.7 cm³/mol. The van der Waals surface area contributed by atoms with Gasteiger partial charge in [0.25, 0.3) is 0 Å². The molecule has 10 heavy (non-hydrogen) atoms. The molecule has 2 N–H and O–H groups in total. The minimum absolute atomic E-state index is 0.320. The molecule has 6 heteroatoms. The summed E-state index contributed by atoms with van der Waals surface area (Å²) in [5.41, 5.74) is -0.640. The van der Waals surface area contributed by atoms with Crippen LogP contribution in [0.5, 0.6) is 0 Å².